The molecule has 7 aliphatic rings. The minimum atomic E-state index is -3.38. The molecule has 7 fully saturated rings. The molecule has 0 saturated carbocycles. The van der Waals surface area contributed by atoms with Crippen LogP contribution >= 0.6 is 0 Å². The summed E-state index contributed by atoms with van der Waals surface area (Å²) in [6.07, 6.45) is -73.7. The molecule has 0 aliphatic carbocycles. The number of amides is 3. The molecular weight excluding hydrogens is 1360 g/mol. The molecule has 0 radical (unpaired) electrons. The summed E-state index contributed by atoms with van der Waals surface area (Å²) in [5, 5.41) is 269. The van der Waals surface area contributed by atoms with Gasteiger partial charge in [-0.3, -0.25) is 14.4 Å². The number of carboxylic acid groups (broad SMARTS) is 2. The van der Waals surface area contributed by atoms with Crippen LogP contribution in [0.3, 0.4) is 0 Å². The van der Waals surface area contributed by atoms with Crippen molar-refractivity contribution in [2.45, 2.75) is 260 Å². The van der Waals surface area contributed by atoms with Crippen LogP contribution in [0.2, 0.25) is 0 Å². The molecule has 572 valence electrons. The van der Waals surface area contributed by atoms with Gasteiger partial charge in [-0.05, 0) is 0 Å². The number of rotatable bonds is 28. The lowest BCUT2D eigenvalue weighted by Crippen LogP contribution is -2.72. The minimum absolute atomic E-state index is 0.829. The van der Waals surface area contributed by atoms with E-state index in [2.05, 4.69) is 16.0 Å². The fourth-order valence-electron chi connectivity index (χ4n) is 12.5. The number of hydrogen-bond acceptors (Lipinski definition) is 40. The maximum Gasteiger partial charge on any atom is 0.364 e. The zero-order valence-corrected chi connectivity index (χ0v) is 52.7. The van der Waals surface area contributed by atoms with Crippen molar-refractivity contribution in [3.8, 4) is 0 Å². The van der Waals surface area contributed by atoms with Gasteiger partial charge in [0.2, 0.25) is 17.7 Å². The van der Waals surface area contributed by atoms with E-state index in [9.17, 15) is 147 Å². The highest BCUT2D eigenvalue weighted by Gasteiger charge is 2.63. The van der Waals surface area contributed by atoms with Gasteiger partial charge >= 0.3 is 11.9 Å². The average molecular weight is 1450 g/mol. The minimum Gasteiger partial charge on any atom is -0.477 e. The second-order valence-electron chi connectivity index (χ2n) is 24.7. The van der Waals surface area contributed by atoms with Gasteiger partial charge in [0.05, 0.1) is 70.5 Å². The van der Waals surface area contributed by atoms with Crippen molar-refractivity contribution in [2.24, 2.45) is 0 Å². The zero-order chi connectivity index (χ0) is 73.8. The van der Waals surface area contributed by atoms with Crippen molar-refractivity contribution < 1.29 is 208 Å². The van der Waals surface area contributed by atoms with Gasteiger partial charge < -0.3 is 200 Å². The molecule has 7 rings (SSSR count). The van der Waals surface area contributed by atoms with Crippen molar-refractivity contribution in [3.63, 3.8) is 0 Å². The maximum atomic E-state index is 13.4. The first-order chi connectivity index (χ1) is 46.5. The number of hydrogen-bond donors (Lipinski definition) is 27. The van der Waals surface area contributed by atoms with Crippen LogP contribution in [0.15, 0.2) is 0 Å². The predicted molar refractivity (Wildman–Crippen MR) is 301 cm³/mol. The van der Waals surface area contributed by atoms with Crippen LogP contribution in [0.5, 0.6) is 0 Å². The van der Waals surface area contributed by atoms with Gasteiger partial charge in [0.25, 0.3) is 11.6 Å². The van der Waals surface area contributed by atoms with E-state index in [1.165, 1.54) is 0 Å². The first-order valence-corrected chi connectivity index (χ1v) is 30.9. The Hall–Kier alpha value is -4.05. The third-order valence-corrected chi connectivity index (χ3v) is 17.7. The van der Waals surface area contributed by atoms with E-state index >= 15 is 0 Å². The molecule has 0 aromatic carbocycles. The second kappa shape index (κ2) is 34.7. The van der Waals surface area contributed by atoms with E-state index in [0.29, 0.717) is 0 Å². The smallest absolute Gasteiger partial charge is 0.364 e. The lowest BCUT2D eigenvalue weighted by molar-refractivity contribution is -0.394. The Balaban J connectivity index is 1.26. The quantitative estimate of drug-likeness (QED) is 0.0346. The number of carboxylic acids is 2. The summed E-state index contributed by atoms with van der Waals surface area (Å²) in [6, 6.07) is -5.76. The Bertz CT molecular complexity index is 2640. The van der Waals surface area contributed by atoms with Gasteiger partial charge in [-0.25, -0.2) is 9.59 Å². The van der Waals surface area contributed by atoms with Gasteiger partial charge in [0, 0.05) is 33.6 Å². The summed E-state index contributed by atoms with van der Waals surface area (Å²) in [5.41, 5.74) is 0. The molecule has 45 heteroatoms. The number of aliphatic carboxylic acids is 2. The summed E-state index contributed by atoms with van der Waals surface area (Å²) in [5.74, 6) is -13.9. The van der Waals surface area contributed by atoms with Crippen LogP contribution in [0.25, 0.3) is 0 Å². The molecule has 7 heterocycles. The molecule has 0 bridgehead atoms. The average Bonchev–Trinajstić information content (AvgIpc) is 0.773. The Labute approximate surface area is 558 Å². The summed E-state index contributed by atoms with van der Waals surface area (Å²) < 4.78 is 74.7. The summed E-state index contributed by atoms with van der Waals surface area (Å²) in [6.45, 7) is -5.78. The highest BCUT2D eigenvalue weighted by molar-refractivity contribution is 5.77. The molecule has 99 heavy (non-hydrogen) atoms. The summed E-state index contributed by atoms with van der Waals surface area (Å²) in [7, 11) is 0. The fraction of sp³-hybridized carbons (Fsp3) is 0.907. The Kier molecular flexibility index (Phi) is 28.8. The SMILES string of the molecule is CC(=O)N[C@H]1[C@H](O[C@H]2[C@@H](O)[C@@H](CO)O[C@H](O[C@@H]3[C@H](O)[C@@H](O)[C@H](O[C@H]4[C@H](O)[C@@H](O)C(O)O[C@@H]4CO)O[C@@H]3CO)[C@@H]2O)O[C@H](CO[C@]2(C(=O)O)C[C@H](O)[C@@H](NC(C)=O)[C@H]([C@H](O)[C@H](O)CO)O2)[C@H](O)[C@@H]1O[C@@H]1O[C@H](CO)[C@H](O)[C@H](O[C@]2(C(=O)O)C[C@H](O)[C@@H](NC(C)=O)[C@H]([C@H](O)[C@H](O)CO)O2)[C@H]1O. The normalized spacial score (nSPS) is 45.7. The topological polar surface area (TPSA) is 727 Å². The molecule has 27 N–H and O–H groups in total. The van der Waals surface area contributed by atoms with E-state index in [-0.39, 0.29) is 0 Å². The number of aliphatic hydroxyl groups excluding tert-OH is 22. The zero-order valence-electron chi connectivity index (χ0n) is 52.7. The highest BCUT2D eigenvalue weighted by atomic mass is 16.8. The Morgan fingerprint density at radius 3 is 1.23 bits per heavy atom. The molecular formula is C54H89N3O42. The molecule has 1 unspecified atom stereocenters. The number of nitrogens with one attached hydrogen (secondary N) is 3. The lowest BCUT2D eigenvalue weighted by Gasteiger charge is -2.52. The lowest BCUT2D eigenvalue weighted by atomic mass is 9.88. The van der Waals surface area contributed by atoms with Crippen LogP contribution in [0, 0.1) is 0 Å². The van der Waals surface area contributed by atoms with Gasteiger partial charge in [-0.2, -0.15) is 0 Å². The number of carbonyl (C=O) groups is 5. The second-order valence-corrected chi connectivity index (χ2v) is 24.7. The predicted octanol–water partition coefficient (Wildman–Crippen LogP) is -17.4. The third kappa shape index (κ3) is 17.9. The van der Waals surface area contributed by atoms with Crippen LogP contribution in [-0.2, 0) is 85.6 Å². The van der Waals surface area contributed by atoms with Crippen LogP contribution in [-0.4, -0.2) is 424 Å². The van der Waals surface area contributed by atoms with Crippen LogP contribution in [0.1, 0.15) is 33.6 Å². The maximum absolute atomic E-state index is 13.4. The molecule has 37 atom stereocenters. The van der Waals surface area contributed by atoms with Gasteiger partial charge in [0.15, 0.2) is 31.5 Å². The number of ether oxygens (including phenoxy) is 13. The van der Waals surface area contributed by atoms with Gasteiger partial charge in [-0.15, -0.1) is 0 Å². The Morgan fingerprint density at radius 1 is 0.414 bits per heavy atom. The van der Waals surface area contributed by atoms with E-state index < -0.39 is 315 Å². The van der Waals surface area contributed by atoms with Crippen LogP contribution < -0.4 is 16.0 Å². The van der Waals surface area contributed by atoms with E-state index in [1.807, 2.05) is 0 Å². The highest BCUT2D eigenvalue weighted by Crippen LogP contribution is 2.42. The molecule has 45 nitrogen and oxygen atoms in total. The van der Waals surface area contributed by atoms with E-state index in [1.54, 1.807) is 0 Å². The van der Waals surface area contributed by atoms with Gasteiger partial charge in [0.1, 0.15) is 159 Å². The standard InChI is InChI=1S/C54H89N3O42/c1-13(64)55-25-16(67)4-53(51(83)84,97-42(25)28(71)18(69)6-58)87-12-24-32(75)41(95-50-38(81)45(31(74)21(9-61)90-50)99-54(52(85)86)5-17(68)26(56-14(2)65)43(98-54)29(72)19(70)7-59)27(57-15(3)66)47(92-24)96-44-30(73)20(8-60)89-49(37(44)80)94-40-23(11-63)91-48(36(79)34(40)77)93-39-22(10-62)88-46(82)35(78)33(39)76/h16-50,58-63,67-82H,4-12H2,1-3H3,(H,55,64)(H,56,65)(H,57,66)(H,83,84)(H,85,86)/t16-,17-,18+,19+,20+,21+,22+,23+,24+,25+,26+,27+,28+,29+,30-,31-,32-,33+,34+,35+,36+,37+,38+,39+,40-,41+,42+,43+,44-,45-,46?,47-,48-,49+,50-,53+,54-/m0/s1. The summed E-state index contributed by atoms with van der Waals surface area (Å²) >= 11 is 0. The van der Waals surface area contributed by atoms with Gasteiger partial charge in [-0.1, -0.05) is 0 Å². The molecule has 3 amide bonds. The van der Waals surface area contributed by atoms with E-state index in [4.69, 9.17) is 61.6 Å². The van der Waals surface area contributed by atoms with Crippen molar-refractivity contribution in [3.05, 3.63) is 0 Å². The first kappa shape index (κ1) is 82.2. The Morgan fingerprint density at radius 2 is 0.778 bits per heavy atom. The molecule has 0 spiro atoms. The van der Waals surface area contributed by atoms with Crippen molar-refractivity contribution >= 4 is 29.7 Å². The fourth-order valence-corrected chi connectivity index (χ4v) is 12.5. The van der Waals surface area contributed by atoms with Crippen LogP contribution in [0.4, 0.5) is 0 Å². The third-order valence-electron chi connectivity index (χ3n) is 17.7. The molecule has 7 aliphatic heterocycles. The van der Waals surface area contributed by atoms with Crippen molar-refractivity contribution in [2.75, 3.05) is 46.2 Å². The number of carbonyl (C=O) groups excluding carboxylic acids is 3. The van der Waals surface area contributed by atoms with E-state index in [0.717, 1.165) is 20.8 Å². The monoisotopic (exact) mass is 1450 g/mol. The summed E-state index contributed by atoms with van der Waals surface area (Å²) in [4.78, 5) is 64.6. The molecule has 7 saturated heterocycles. The first-order valence-electron chi connectivity index (χ1n) is 30.9. The van der Waals surface area contributed by atoms with Crippen molar-refractivity contribution in [1.29, 1.82) is 0 Å². The molecule has 0 aromatic heterocycles. The van der Waals surface area contributed by atoms with Crippen molar-refractivity contribution in [1.82, 2.24) is 16.0 Å². The largest absolute Gasteiger partial charge is 0.477 e. The number of aliphatic hydroxyl groups is 22. The molecule has 0 aromatic rings.